The Morgan fingerprint density at radius 3 is 2.86 bits per heavy atom. The molecule has 0 saturated carbocycles. The van der Waals surface area contributed by atoms with Gasteiger partial charge in [-0.25, -0.2) is 19.3 Å². The molecule has 1 fully saturated rings. The number of anilines is 3. The fourth-order valence-corrected chi connectivity index (χ4v) is 4.04. The summed E-state index contributed by atoms with van der Waals surface area (Å²) >= 11 is 0. The van der Waals surface area contributed by atoms with Gasteiger partial charge in [0.2, 0.25) is 5.95 Å². The van der Waals surface area contributed by atoms with Gasteiger partial charge in [-0.15, -0.1) is 0 Å². The van der Waals surface area contributed by atoms with Gasteiger partial charge in [-0.05, 0) is 37.7 Å². The van der Waals surface area contributed by atoms with Gasteiger partial charge >= 0.3 is 0 Å². The molecule has 0 amide bonds. The summed E-state index contributed by atoms with van der Waals surface area (Å²) in [5.74, 6) is 0.920. The number of nitriles is 1. The van der Waals surface area contributed by atoms with E-state index in [4.69, 9.17) is 4.74 Å². The first kappa shape index (κ1) is 26.1. The van der Waals surface area contributed by atoms with Crippen molar-refractivity contribution in [2.24, 2.45) is 0 Å². The second-order valence-electron chi connectivity index (χ2n) is 8.91. The monoisotopic (exact) mass is 504 g/mol. The van der Waals surface area contributed by atoms with Crippen LogP contribution in [0.3, 0.4) is 0 Å². The van der Waals surface area contributed by atoms with Crippen molar-refractivity contribution in [2.45, 2.75) is 19.0 Å². The number of hydrogen-bond acceptors (Lipinski definition) is 10. The summed E-state index contributed by atoms with van der Waals surface area (Å²) in [4.78, 5) is 33.6. The minimum absolute atomic E-state index is 0.0773. The molecule has 3 aromatic rings. The highest BCUT2D eigenvalue weighted by molar-refractivity contribution is 5.82. The summed E-state index contributed by atoms with van der Waals surface area (Å²) in [5, 5.41) is 12.7. The van der Waals surface area contributed by atoms with Crippen LogP contribution in [0, 0.1) is 11.3 Å². The number of carbonyl (C=O) groups excluding carboxylic acids is 1. The fourth-order valence-electron chi connectivity index (χ4n) is 4.04. The predicted molar refractivity (Wildman–Crippen MR) is 137 cm³/mol. The Labute approximate surface area is 215 Å². The van der Waals surface area contributed by atoms with Gasteiger partial charge in [0.25, 0.3) is 0 Å². The normalized spacial score (nSPS) is 15.1. The summed E-state index contributed by atoms with van der Waals surface area (Å²) in [6, 6.07) is 9.21. The summed E-state index contributed by atoms with van der Waals surface area (Å²) in [5.41, 5.74) is 2.97. The molecular weight excluding hydrogens is 475 g/mol. The Kier molecular flexibility index (Phi) is 8.66. The van der Waals surface area contributed by atoms with Crippen LogP contribution in [-0.2, 0) is 16.0 Å². The van der Waals surface area contributed by atoms with Crippen LogP contribution in [0.15, 0.2) is 42.9 Å². The number of nitrogens with one attached hydrogen (secondary N) is 1. The molecule has 0 unspecified atom stereocenters. The molecule has 3 aromatic heterocycles. The summed E-state index contributed by atoms with van der Waals surface area (Å²) in [6.45, 7) is 2.38. The highest BCUT2D eigenvalue weighted by atomic mass is 19.1. The third kappa shape index (κ3) is 7.03. The Morgan fingerprint density at radius 1 is 1.30 bits per heavy atom. The first-order valence-electron chi connectivity index (χ1n) is 12.0. The van der Waals surface area contributed by atoms with Crippen LogP contribution in [0.1, 0.15) is 17.7 Å². The Hall–Kier alpha value is -4.01. The van der Waals surface area contributed by atoms with E-state index in [2.05, 4.69) is 31.3 Å². The van der Waals surface area contributed by atoms with Crippen molar-refractivity contribution in [3.05, 3.63) is 54.1 Å². The van der Waals surface area contributed by atoms with Gasteiger partial charge in [0.05, 0.1) is 49.3 Å². The Bertz CT molecular complexity index is 1260. The molecule has 192 valence electrons. The smallest absolute Gasteiger partial charge is 0.227 e. The van der Waals surface area contributed by atoms with Crippen LogP contribution < -0.4 is 10.2 Å². The van der Waals surface area contributed by atoms with Crippen molar-refractivity contribution in [1.29, 1.82) is 5.26 Å². The van der Waals surface area contributed by atoms with Gasteiger partial charge in [0.15, 0.2) is 5.78 Å². The van der Waals surface area contributed by atoms with E-state index in [1.54, 1.807) is 48.8 Å². The fraction of sp³-hybridized carbons (Fsp3) is 0.385. The number of pyridine rings is 2. The average molecular weight is 505 g/mol. The van der Waals surface area contributed by atoms with E-state index in [-0.39, 0.29) is 18.7 Å². The molecule has 0 radical (unpaired) electrons. The third-order valence-corrected chi connectivity index (χ3v) is 5.95. The van der Waals surface area contributed by atoms with E-state index in [1.807, 2.05) is 18.0 Å². The highest BCUT2D eigenvalue weighted by Crippen LogP contribution is 2.27. The summed E-state index contributed by atoms with van der Waals surface area (Å²) in [6.07, 6.45) is 4.66. The lowest BCUT2D eigenvalue weighted by Gasteiger charge is -2.18. The number of ketones is 1. The van der Waals surface area contributed by atoms with Crippen molar-refractivity contribution >= 4 is 23.2 Å². The van der Waals surface area contributed by atoms with Gasteiger partial charge in [0.1, 0.15) is 18.1 Å². The molecule has 37 heavy (non-hydrogen) atoms. The number of aromatic nitrogens is 4. The first-order chi connectivity index (χ1) is 17.9. The van der Waals surface area contributed by atoms with Gasteiger partial charge in [0, 0.05) is 43.9 Å². The quantitative estimate of drug-likeness (QED) is 0.417. The van der Waals surface area contributed by atoms with Gasteiger partial charge < -0.3 is 15.0 Å². The largest absolute Gasteiger partial charge is 0.383 e. The minimum atomic E-state index is -0.902. The van der Waals surface area contributed by atoms with E-state index in [0.29, 0.717) is 72.6 Å². The average Bonchev–Trinajstić information content (AvgIpc) is 3.34. The molecule has 4 rings (SSSR count). The van der Waals surface area contributed by atoms with Crippen LogP contribution in [0.4, 0.5) is 21.8 Å². The van der Waals surface area contributed by atoms with E-state index in [0.717, 1.165) is 0 Å². The number of hydrogen-bond donors (Lipinski definition) is 1. The first-order valence-corrected chi connectivity index (χ1v) is 12.0. The standard InChI is InChI=1S/C26H29FN8O2/c1-34(9-10-37-2)17-23(36)12-21-3-4-22(15-30-21)32-26-29-7-5-24(33-26)19-11-18(13-28)25(31-14-19)35-8-6-20(27)16-35/h3-5,7,11,14-15,20H,6,8-10,12,16-17H2,1-2H3,(H,29,32,33)/t20-/m0/s1. The molecule has 1 N–H and O–H groups in total. The van der Waals surface area contributed by atoms with Crippen LogP contribution in [0.5, 0.6) is 0 Å². The van der Waals surface area contributed by atoms with Crippen molar-refractivity contribution in [3.8, 4) is 17.3 Å². The summed E-state index contributed by atoms with van der Waals surface area (Å²) in [7, 11) is 3.51. The molecule has 0 spiro atoms. The lowest BCUT2D eigenvalue weighted by atomic mass is 10.1. The van der Waals surface area contributed by atoms with Crippen molar-refractivity contribution in [1.82, 2.24) is 24.8 Å². The number of nitrogens with zero attached hydrogens (tertiary/aromatic N) is 7. The van der Waals surface area contributed by atoms with Gasteiger partial charge in [-0.2, -0.15) is 5.26 Å². The molecule has 1 aliphatic heterocycles. The number of halogens is 1. The molecule has 10 nitrogen and oxygen atoms in total. The second-order valence-corrected chi connectivity index (χ2v) is 8.91. The topological polar surface area (TPSA) is 120 Å². The molecule has 1 aliphatic rings. The minimum Gasteiger partial charge on any atom is -0.383 e. The van der Waals surface area contributed by atoms with Crippen LogP contribution >= 0.6 is 0 Å². The maximum atomic E-state index is 13.6. The molecule has 4 heterocycles. The van der Waals surface area contributed by atoms with Crippen LogP contribution in [-0.4, -0.2) is 83.7 Å². The molecule has 0 aromatic carbocycles. The van der Waals surface area contributed by atoms with E-state index < -0.39 is 6.17 Å². The number of Topliss-reactive ketones (excluding diaryl/α,β-unsaturated/α-hetero) is 1. The highest BCUT2D eigenvalue weighted by Gasteiger charge is 2.25. The maximum absolute atomic E-state index is 13.6. The number of likely N-dealkylation sites (N-methyl/N-ethyl adjacent to an activating group) is 1. The predicted octanol–water partition coefficient (Wildman–Crippen LogP) is 2.79. The van der Waals surface area contributed by atoms with E-state index in [9.17, 15) is 14.4 Å². The lowest BCUT2D eigenvalue weighted by Crippen LogP contribution is -2.30. The van der Waals surface area contributed by atoms with Gasteiger partial charge in [-0.3, -0.25) is 14.7 Å². The number of alkyl halides is 1. The molecule has 0 bridgehead atoms. The molecule has 0 aliphatic carbocycles. The zero-order valence-electron chi connectivity index (χ0n) is 20.9. The van der Waals surface area contributed by atoms with Crippen molar-refractivity contribution in [2.75, 3.05) is 57.2 Å². The van der Waals surface area contributed by atoms with Crippen molar-refractivity contribution in [3.63, 3.8) is 0 Å². The van der Waals surface area contributed by atoms with Crippen LogP contribution in [0.25, 0.3) is 11.3 Å². The molecule has 1 saturated heterocycles. The number of carbonyl (C=O) groups is 1. The number of ether oxygens (including phenoxy) is 1. The van der Waals surface area contributed by atoms with E-state index in [1.165, 1.54) is 0 Å². The SMILES string of the molecule is COCCN(C)CC(=O)Cc1ccc(Nc2nccc(-c3cnc(N4CC[C@H](F)C4)c(C#N)c3)n2)cn1. The molecule has 1 atom stereocenters. The lowest BCUT2D eigenvalue weighted by molar-refractivity contribution is -0.119. The Morgan fingerprint density at radius 2 is 2.16 bits per heavy atom. The molecular formula is C26H29FN8O2. The van der Waals surface area contributed by atoms with Gasteiger partial charge in [-0.1, -0.05) is 0 Å². The van der Waals surface area contributed by atoms with E-state index >= 15 is 0 Å². The van der Waals surface area contributed by atoms with Crippen LogP contribution in [0.2, 0.25) is 0 Å². The number of methoxy groups -OCH3 is 1. The second kappa shape index (κ2) is 12.3. The van der Waals surface area contributed by atoms with Crippen molar-refractivity contribution < 1.29 is 13.9 Å². The zero-order chi connectivity index (χ0) is 26.2. The maximum Gasteiger partial charge on any atom is 0.227 e. The molecule has 11 heteroatoms. The Balaban J connectivity index is 1.40. The third-order valence-electron chi connectivity index (χ3n) is 5.95. The zero-order valence-corrected chi connectivity index (χ0v) is 20.9. The summed E-state index contributed by atoms with van der Waals surface area (Å²) < 4.78 is 18.7. The number of rotatable bonds is 11.